The summed E-state index contributed by atoms with van der Waals surface area (Å²) in [5.41, 5.74) is 11.7. The summed E-state index contributed by atoms with van der Waals surface area (Å²) < 4.78 is 2.43. The Labute approximate surface area is 371 Å². The Bertz CT molecular complexity index is 3950. The molecule has 0 amide bonds. The molecule has 2 heteroatoms. The lowest BCUT2D eigenvalue weighted by Gasteiger charge is -2.28. The van der Waals surface area contributed by atoms with E-state index in [2.05, 4.69) is 252 Å². The summed E-state index contributed by atoms with van der Waals surface area (Å²) in [6.07, 6.45) is 0. The van der Waals surface area contributed by atoms with Gasteiger partial charge in [-0.2, -0.15) is 0 Å². The first-order chi connectivity index (χ1) is 31.7. The molecule has 12 aromatic carbocycles. The van der Waals surface area contributed by atoms with Crippen molar-refractivity contribution in [3.8, 4) is 27.9 Å². The second kappa shape index (κ2) is 14.6. The summed E-state index contributed by atoms with van der Waals surface area (Å²) >= 11 is 0. The zero-order valence-electron chi connectivity index (χ0n) is 35.0. The van der Waals surface area contributed by atoms with Crippen LogP contribution in [-0.2, 0) is 0 Å². The maximum atomic E-state index is 2.46. The molecule has 13 rings (SSSR count). The van der Waals surface area contributed by atoms with Crippen LogP contribution in [0.15, 0.2) is 243 Å². The van der Waals surface area contributed by atoms with Crippen LogP contribution in [0.2, 0.25) is 0 Å². The van der Waals surface area contributed by atoms with E-state index in [1.54, 1.807) is 0 Å². The van der Waals surface area contributed by atoms with Crippen LogP contribution in [0.25, 0.3) is 104 Å². The molecule has 13 aromatic rings. The monoisotopic (exact) mass is 812 g/mol. The largest absolute Gasteiger partial charge is 0.310 e. The van der Waals surface area contributed by atoms with Crippen molar-refractivity contribution in [2.45, 2.75) is 0 Å². The second-order valence-corrected chi connectivity index (χ2v) is 16.9. The van der Waals surface area contributed by atoms with Gasteiger partial charge in [0.15, 0.2) is 0 Å². The van der Waals surface area contributed by atoms with E-state index in [9.17, 15) is 0 Å². The molecule has 0 N–H and O–H groups in total. The first-order valence-electron chi connectivity index (χ1n) is 22.1. The molecule has 0 aliphatic carbocycles. The van der Waals surface area contributed by atoms with Gasteiger partial charge in [-0.1, -0.05) is 182 Å². The third kappa shape index (κ3) is 5.73. The number of anilines is 3. The van der Waals surface area contributed by atoms with Gasteiger partial charge in [0, 0.05) is 33.2 Å². The van der Waals surface area contributed by atoms with Gasteiger partial charge >= 0.3 is 0 Å². The maximum Gasteiger partial charge on any atom is 0.0553 e. The zero-order valence-corrected chi connectivity index (χ0v) is 35.0. The highest BCUT2D eigenvalue weighted by Gasteiger charge is 2.22. The average molecular weight is 813 g/mol. The molecule has 0 saturated heterocycles. The molecule has 0 atom stereocenters. The Morgan fingerprint density at radius 2 is 0.859 bits per heavy atom. The highest BCUT2D eigenvalue weighted by Crippen LogP contribution is 2.47. The predicted molar refractivity (Wildman–Crippen MR) is 274 cm³/mol. The van der Waals surface area contributed by atoms with Crippen LogP contribution in [-0.4, -0.2) is 4.57 Å². The fourth-order valence-electron chi connectivity index (χ4n) is 10.4. The van der Waals surface area contributed by atoms with Crippen LogP contribution >= 0.6 is 0 Å². The molecule has 2 nitrogen and oxygen atoms in total. The first-order valence-corrected chi connectivity index (χ1v) is 22.1. The number of hydrogen-bond acceptors (Lipinski definition) is 1. The molecule has 1 aromatic heterocycles. The maximum absolute atomic E-state index is 2.46. The van der Waals surface area contributed by atoms with Crippen molar-refractivity contribution >= 4 is 92.7 Å². The van der Waals surface area contributed by atoms with Gasteiger partial charge in [0.25, 0.3) is 0 Å². The van der Waals surface area contributed by atoms with Crippen LogP contribution < -0.4 is 4.90 Å². The summed E-state index contributed by atoms with van der Waals surface area (Å²) in [6, 6.07) is 89.2. The molecular weight excluding hydrogens is 773 g/mol. The van der Waals surface area contributed by atoms with E-state index in [4.69, 9.17) is 0 Å². The van der Waals surface area contributed by atoms with Crippen LogP contribution in [0.5, 0.6) is 0 Å². The summed E-state index contributed by atoms with van der Waals surface area (Å²) in [4.78, 5) is 2.46. The molecule has 0 aliphatic heterocycles. The molecule has 0 bridgehead atoms. The lowest BCUT2D eigenvalue weighted by atomic mass is 9.92. The smallest absolute Gasteiger partial charge is 0.0553 e. The number of rotatable bonds is 6. The molecule has 1 heterocycles. The predicted octanol–water partition coefficient (Wildman–Crippen LogP) is 17.4. The number of benzene rings is 12. The van der Waals surface area contributed by atoms with Gasteiger partial charge in [-0.15, -0.1) is 0 Å². The highest BCUT2D eigenvalue weighted by molar-refractivity contribution is 6.23. The number of nitrogens with zero attached hydrogens (tertiary/aromatic N) is 2. The van der Waals surface area contributed by atoms with Crippen LogP contribution in [0.1, 0.15) is 0 Å². The van der Waals surface area contributed by atoms with E-state index in [0.29, 0.717) is 0 Å². The quantitative estimate of drug-likeness (QED) is 0.152. The standard InChI is InChI=1S/C62H40N2/c1-2-19-48(20-3-1)64-58-28-13-12-27-57(58)62-60(64)40-45-17-6-9-24-54(45)61(62)47-18-14-21-50(38-47)63(59-39-44-16-5-8-23-52(44)55-25-10-11-26-56(55)59)49-34-31-41(32-35-49)43-33-36-53-46(37-43)30-29-42-15-4-7-22-51(42)53/h1-40H. The number of para-hydroxylation sites is 2. The molecule has 0 fully saturated rings. The minimum Gasteiger partial charge on any atom is -0.310 e. The van der Waals surface area contributed by atoms with Crippen LogP contribution in [0, 0.1) is 0 Å². The van der Waals surface area contributed by atoms with E-state index < -0.39 is 0 Å². The molecular formula is C62H40N2. The zero-order chi connectivity index (χ0) is 42.1. The third-order valence-corrected chi connectivity index (χ3v) is 13.3. The minimum absolute atomic E-state index is 1.09. The molecule has 0 aliphatic rings. The van der Waals surface area contributed by atoms with E-state index in [1.165, 1.54) is 97.9 Å². The molecule has 0 spiro atoms. The van der Waals surface area contributed by atoms with Crippen molar-refractivity contribution in [3.63, 3.8) is 0 Å². The van der Waals surface area contributed by atoms with Crippen molar-refractivity contribution in [1.29, 1.82) is 0 Å². The number of fused-ring (bicyclic) bond motifs is 10. The fraction of sp³-hybridized carbons (Fsp3) is 0. The van der Waals surface area contributed by atoms with Gasteiger partial charge < -0.3 is 9.47 Å². The Balaban J connectivity index is 1.03. The molecule has 64 heavy (non-hydrogen) atoms. The highest BCUT2D eigenvalue weighted by atomic mass is 15.1. The molecule has 0 unspecified atom stereocenters. The van der Waals surface area contributed by atoms with Crippen molar-refractivity contribution in [2.75, 3.05) is 4.90 Å². The van der Waals surface area contributed by atoms with Crippen molar-refractivity contribution in [3.05, 3.63) is 243 Å². The second-order valence-electron chi connectivity index (χ2n) is 16.9. The Morgan fingerprint density at radius 3 is 1.66 bits per heavy atom. The van der Waals surface area contributed by atoms with Crippen LogP contribution in [0.4, 0.5) is 17.1 Å². The number of hydrogen-bond donors (Lipinski definition) is 0. The Hall–Kier alpha value is -8.46. The molecule has 0 saturated carbocycles. The summed E-state index contributed by atoms with van der Waals surface area (Å²) in [6.45, 7) is 0. The van der Waals surface area contributed by atoms with Gasteiger partial charge in [-0.3, -0.25) is 0 Å². The van der Waals surface area contributed by atoms with Gasteiger partial charge in [0.05, 0.1) is 16.7 Å². The van der Waals surface area contributed by atoms with Crippen molar-refractivity contribution in [2.24, 2.45) is 0 Å². The average Bonchev–Trinajstić information content (AvgIpc) is 3.69. The lowest BCUT2D eigenvalue weighted by Crippen LogP contribution is -2.11. The van der Waals surface area contributed by atoms with Crippen molar-refractivity contribution in [1.82, 2.24) is 4.57 Å². The fourth-order valence-corrected chi connectivity index (χ4v) is 10.4. The lowest BCUT2D eigenvalue weighted by molar-refractivity contribution is 1.18. The minimum atomic E-state index is 1.09. The van der Waals surface area contributed by atoms with Gasteiger partial charge in [0.2, 0.25) is 0 Å². The summed E-state index contributed by atoms with van der Waals surface area (Å²) in [5.74, 6) is 0. The van der Waals surface area contributed by atoms with E-state index >= 15 is 0 Å². The summed E-state index contributed by atoms with van der Waals surface area (Å²) in [5, 5.41) is 14.9. The van der Waals surface area contributed by atoms with E-state index in [1.807, 2.05) is 0 Å². The Kier molecular flexibility index (Phi) is 8.25. The SMILES string of the molecule is c1ccc(-n2c3ccccc3c3c(-c4cccc(N(c5ccc(-c6ccc7c(ccc8ccccc87)c6)cc5)c5cc6ccccc6c6ccccc56)c4)c4ccccc4cc32)cc1. The van der Waals surface area contributed by atoms with E-state index in [-0.39, 0.29) is 0 Å². The Morgan fingerprint density at radius 1 is 0.281 bits per heavy atom. The van der Waals surface area contributed by atoms with E-state index in [0.717, 1.165) is 22.7 Å². The molecule has 0 radical (unpaired) electrons. The normalized spacial score (nSPS) is 11.8. The molecule has 298 valence electrons. The number of aromatic nitrogens is 1. The first kappa shape index (κ1) is 36.2. The van der Waals surface area contributed by atoms with Gasteiger partial charge in [-0.25, -0.2) is 0 Å². The van der Waals surface area contributed by atoms with Gasteiger partial charge in [0.1, 0.15) is 0 Å². The topological polar surface area (TPSA) is 8.17 Å². The van der Waals surface area contributed by atoms with Gasteiger partial charge in [-0.05, 0) is 131 Å². The summed E-state index contributed by atoms with van der Waals surface area (Å²) in [7, 11) is 0. The van der Waals surface area contributed by atoms with Crippen molar-refractivity contribution < 1.29 is 0 Å². The third-order valence-electron chi connectivity index (χ3n) is 13.3. The van der Waals surface area contributed by atoms with Crippen LogP contribution in [0.3, 0.4) is 0 Å².